The van der Waals surface area contributed by atoms with Gasteiger partial charge >= 0.3 is 5.97 Å². The molecule has 0 bridgehead atoms. The summed E-state index contributed by atoms with van der Waals surface area (Å²) >= 11 is 0. The summed E-state index contributed by atoms with van der Waals surface area (Å²) in [6.07, 6.45) is 13.6. The molecule has 0 spiro atoms. The minimum Gasteiger partial charge on any atom is -0.478 e. The molecule has 3 nitrogen and oxygen atoms in total. The van der Waals surface area contributed by atoms with Crippen molar-refractivity contribution in [1.29, 1.82) is 0 Å². The van der Waals surface area contributed by atoms with Gasteiger partial charge in [-0.25, -0.2) is 4.79 Å². The van der Waals surface area contributed by atoms with Gasteiger partial charge in [-0.05, 0) is 145 Å². The van der Waals surface area contributed by atoms with Crippen LogP contribution in [0.1, 0.15) is 115 Å². The Balaban J connectivity index is 1.36. The fraction of sp³-hybridized carbons (Fsp3) is 0.703. The molecule has 5 aliphatic rings. The van der Waals surface area contributed by atoms with Crippen LogP contribution in [0.15, 0.2) is 42.5 Å². The molecule has 2 N–H and O–H groups in total. The Morgan fingerprint density at radius 2 is 1.60 bits per heavy atom. The average Bonchev–Trinajstić information content (AvgIpc) is 3.29. The first-order chi connectivity index (χ1) is 18.7. The zero-order chi connectivity index (χ0) is 28.9. The second-order valence-corrected chi connectivity index (χ2v) is 16.1. The monoisotopic (exact) mass is 544 g/mol. The van der Waals surface area contributed by atoms with Crippen molar-refractivity contribution in [2.75, 3.05) is 6.61 Å². The number of aromatic carboxylic acids is 1. The average molecular weight is 545 g/mol. The SMILES string of the molecule is C=C(C)C1CCC2(CO)CCC3(C)C(CCC4C5(C)CC=C(c6ccc(C(=O)O)cc6)C(C)(C)C5CCC43C)C12. The standard InChI is InChI=1S/C37H52O3/c1-23(2)26-14-19-37(22-38)21-20-35(6)28(31(26)37)12-13-30-34(5)17-15-27(24-8-10-25(11-9-24)32(39)40)33(3,4)29(34)16-18-36(30,35)7/h8-11,15,26,28-31,38H,1,12-14,16-22H2,2-7H3,(H,39,40). The van der Waals surface area contributed by atoms with Crippen LogP contribution in [-0.4, -0.2) is 22.8 Å². The van der Waals surface area contributed by atoms with Crippen LogP contribution < -0.4 is 0 Å². The van der Waals surface area contributed by atoms with Gasteiger partial charge in [-0.1, -0.05) is 65.0 Å². The van der Waals surface area contributed by atoms with Gasteiger partial charge in [-0.2, -0.15) is 0 Å². The highest BCUT2D eigenvalue weighted by Gasteiger charge is 2.70. The molecule has 0 heterocycles. The number of carbonyl (C=O) groups is 1. The van der Waals surface area contributed by atoms with Crippen molar-refractivity contribution in [2.24, 2.45) is 56.7 Å². The van der Waals surface area contributed by atoms with E-state index in [-0.39, 0.29) is 16.2 Å². The van der Waals surface area contributed by atoms with Gasteiger partial charge in [0.05, 0.1) is 5.56 Å². The van der Waals surface area contributed by atoms with Crippen molar-refractivity contribution in [3.63, 3.8) is 0 Å². The van der Waals surface area contributed by atoms with E-state index in [0.717, 1.165) is 6.42 Å². The molecule has 3 heteroatoms. The van der Waals surface area contributed by atoms with Crippen LogP contribution in [0.25, 0.3) is 5.57 Å². The summed E-state index contributed by atoms with van der Waals surface area (Å²) in [5, 5.41) is 20.2. The molecule has 218 valence electrons. The van der Waals surface area contributed by atoms with E-state index in [1.807, 2.05) is 12.1 Å². The Kier molecular flexibility index (Phi) is 6.40. The van der Waals surface area contributed by atoms with Gasteiger partial charge in [0.1, 0.15) is 0 Å². The molecule has 0 amide bonds. The maximum absolute atomic E-state index is 11.5. The maximum atomic E-state index is 11.5. The highest BCUT2D eigenvalue weighted by Crippen LogP contribution is 2.77. The van der Waals surface area contributed by atoms with Gasteiger partial charge in [0, 0.05) is 6.61 Å². The van der Waals surface area contributed by atoms with Crippen molar-refractivity contribution in [2.45, 2.75) is 99.3 Å². The zero-order valence-electron chi connectivity index (χ0n) is 25.9. The van der Waals surface area contributed by atoms with E-state index in [1.165, 1.54) is 68.1 Å². The minimum atomic E-state index is -0.863. The van der Waals surface area contributed by atoms with Crippen LogP contribution in [0.3, 0.4) is 0 Å². The summed E-state index contributed by atoms with van der Waals surface area (Å²) in [5.74, 6) is 2.26. The molecular formula is C37H52O3. The second-order valence-electron chi connectivity index (χ2n) is 16.1. The van der Waals surface area contributed by atoms with Crippen LogP contribution >= 0.6 is 0 Å². The van der Waals surface area contributed by atoms with E-state index < -0.39 is 5.97 Å². The van der Waals surface area contributed by atoms with Crippen LogP contribution in [0.2, 0.25) is 0 Å². The van der Waals surface area contributed by atoms with Crippen molar-refractivity contribution in [3.05, 3.63) is 53.6 Å². The number of benzene rings is 1. The number of carboxylic acids is 1. The quantitative estimate of drug-likeness (QED) is 0.372. The van der Waals surface area contributed by atoms with E-state index in [0.29, 0.717) is 52.6 Å². The third-order valence-corrected chi connectivity index (χ3v) is 14.6. The first-order valence-electron chi connectivity index (χ1n) is 16.1. The molecule has 4 saturated carbocycles. The molecule has 40 heavy (non-hydrogen) atoms. The summed E-state index contributed by atoms with van der Waals surface area (Å²) < 4.78 is 0. The lowest BCUT2D eigenvalue weighted by atomic mass is 9.32. The number of allylic oxidation sites excluding steroid dienone is 3. The van der Waals surface area contributed by atoms with Crippen molar-refractivity contribution in [3.8, 4) is 0 Å². The molecule has 0 aliphatic heterocycles. The third kappa shape index (κ3) is 3.55. The van der Waals surface area contributed by atoms with E-state index in [1.54, 1.807) is 12.1 Å². The number of hydrogen-bond acceptors (Lipinski definition) is 2. The summed E-state index contributed by atoms with van der Waals surface area (Å²) in [4.78, 5) is 11.5. The molecule has 0 aromatic heterocycles. The topological polar surface area (TPSA) is 57.5 Å². The summed E-state index contributed by atoms with van der Waals surface area (Å²) in [6, 6.07) is 7.57. The lowest BCUT2D eigenvalue weighted by Gasteiger charge is -2.72. The molecule has 0 saturated heterocycles. The van der Waals surface area contributed by atoms with Crippen LogP contribution in [0.5, 0.6) is 0 Å². The highest BCUT2D eigenvalue weighted by atomic mass is 16.4. The zero-order valence-corrected chi connectivity index (χ0v) is 25.9. The van der Waals surface area contributed by atoms with E-state index in [9.17, 15) is 15.0 Å². The number of fused-ring (bicyclic) bond motifs is 7. The lowest BCUT2D eigenvalue weighted by molar-refractivity contribution is -0.228. The molecule has 0 radical (unpaired) electrons. The van der Waals surface area contributed by atoms with E-state index >= 15 is 0 Å². The fourth-order valence-electron chi connectivity index (χ4n) is 12.5. The first-order valence-corrected chi connectivity index (χ1v) is 16.1. The normalized spacial score (nSPS) is 45.4. The molecule has 5 aliphatic carbocycles. The number of aliphatic hydroxyl groups is 1. The molecule has 1 aromatic rings. The predicted molar refractivity (Wildman–Crippen MR) is 163 cm³/mol. The van der Waals surface area contributed by atoms with E-state index in [2.05, 4.69) is 54.2 Å². The third-order valence-electron chi connectivity index (χ3n) is 14.6. The molecular weight excluding hydrogens is 492 g/mol. The van der Waals surface area contributed by atoms with E-state index in [4.69, 9.17) is 0 Å². The Bertz CT molecular complexity index is 1240. The minimum absolute atomic E-state index is 0.0337. The Labute approximate surface area is 242 Å². The Morgan fingerprint density at radius 3 is 2.23 bits per heavy atom. The molecule has 9 atom stereocenters. The van der Waals surface area contributed by atoms with Gasteiger partial charge in [0.15, 0.2) is 0 Å². The fourth-order valence-corrected chi connectivity index (χ4v) is 12.5. The smallest absolute Gasteiger partial charge is 0.335 e. The number of hydrogen-bond donors (Lipinski definition) is 2. The highest BCUT2D eigenvalue weighted by molar-refractivity contribution is 5.88. The number of aliphatic hydroxyl groups excluding tert-OH is 1. The Hall–Kier alpha value is -1.87. The molecule has 1 aromatic carbocycles. The Morgan fingerprint density at radius 1 is 0.900 bits per heavy atom. The van der Waals surface area contributed by atoms with Crippen LogP contribution in [0.4, 0.5) is 0 Å². The molecule has 9 unspecified atom stereocenters. The first kappa shape index (κ1) is 28.3. The largest absolute Gasteiger partial charge is 0.478 e. The van der Waals surface area contributed by atoms with Gasteiger partial charge in [0.2, 0.25) is 0 Å². The van der Waals surface area contributed by atoms with Gasteiger partial charge in [0.25, 0.3) is 0 Å². The van der Waals surface area contributed by atoms with Gasteiger partial charge < -0.3 is 10.2 Å². The summed E-state index contributed by atoms with van der Waals surface area (Å²) in [5.41, 5.74) is 5.28. The predicted octanol–water partition coefficient (Wildman–Crippen LogP) is 9.03. The van der Waals surface area contributed by atoms with Crippen LogP contribution in [-0.2, 0) is 0 Å². The summed E-state index contributed by atoms with van der Waals surface area (Å²) in [7, 11) is 0. The lowest BCUT2D eigenvalue weighted by Crippen LogP contribution is -2.65. The van der Waals surface area contributed by atoms with Crippen LogP contribution in [0, 0.1) is 56.7 Å². The second kappa shape index (κ2) is 9.06. The maximum Gasteiger partial charge on any atom is 0.335 e. The molecule has 6 rings (SSSR count). The van der Waals surface area contributed by atoms with Crippen molar-refractivity contribution in [1.82, 2.24) is 0 Å². The number of carboxylic acid groups (broad SMARTS) is 1. The van der Waals surface area contributed by atoms with Crippen molar-refractivity contribution >= 4 is 11.5 Å². The number of rotatable bonds is 4. The van der Waals surface area contributed by atoms with Gasteiger partial charge in [-0.3, -0.25) is 0 Å². The van der Waals surface area contributed by atoms with Crippen molar-refractivity contribution < 1.29 is 15.0 Å². The summed E-state index contributed by atoms with van der Waals surface area (Å²) in [6.45, 7) is 19.9. The molecule has 4 fully saturated rings. The van der Waals surface area contributed by atoms with Gasteiger partial charge in [-0.15, -0.1) is 0 Å².